The topological polar surface area (TPSA) is 101 Å². The molecule has 108 valence electrons. The molecule has 0 spiro atoms. The van der Waals surface area contributed by atoms with E-state index in [1.54, 1.807) is 37.5 Å². The molecule has 0 fully saturated rings. The highest BCUT2D eigenvalue weighted by Gasteiger charge is 2.23. The third kappa shape index (κ3) is 2.83. The zero-order valence-corrected chi connectivity index (χ0v) is 12.2. The number of anilines is 1. The van der Waals surface area contributed by atoms with Crippen molar-refractivity contribution in [1.29, 1.82) is 0 Å². The standard InChI is InChI=1S/C13H18N4O2S/c1-3-11(13-15-7-8-16-13)17-20(18,19)12-6-4-5-10(14)9(12)2/h4-8,11,17H,3,14H2,1-2H3,(H,15,16). The highest BCUT2D eigenvalue weighted by atomic mass is 32.2. The normalized spacial score (nSPS) is 13.3. The Hall–Kier alpha value is -1.86. The van der Waals surface area contributed by atoms with Gasteiger partial charge in [0.15, 0.2) is 0 Å². The zero-order chi connectivity index (χ0) is 14.8. The molecule has 2 aromatic rings. The Morgan fingerprint density at radius 1 is 1.45 bits per heavy atom. The smallest absolute Gasteiger partial charge is 0.241 e. The summed E-state index contributed by atoms with van der Waals surface area (Å²) < 4.78 is 27.6. The molecule has 0 saturated carbocycles. The molecule has 0 aliphatic carbocycles. The highest BCUT2D eigenvalue weighted by Crippen LogP contribution is 2.23. The molecule has 7 heteroatoms. The molecule has 0 amide bonds. The molecule has 0 aliphatic heterocycles. The van der Waals surface area contributed by atoms with Crippen LogP contribution in [-0.4, -0.2) is 18.4 Å². The molecule has 0 bridgehead atoms. The lowest BCUT2D eigenvalue weighted by molar-refractivity contribution is 0.539. The van der Waals surface area contributed by atoms with Crippen molar-refractivity contribution in [2.75, 3.05) is 5.73 Å². The molecule has 1 aromatic carbocycles. The van der Waals surface area contributed by atoms with E-state index in [0.29, 0.717) is 23.5 Å². The van der Waals surface area contributed by atoms with Crippen LogP contribution in [0.5, 0.6) is 0 Å². The van der Waals surface area contributed by atoms with Crippen molar-refractivity contribution in [1.82, 2.24) is 14.7 Å². The number of hydrogen-bond donors (Lipinski definition) is 3. The van der Waals surface area contributed by atoms with Gasteiger partial charge in [0.05, 0.1) is 10.9 Å². The van der Waals surface area contributed by atoms with E-state index in [1.807, 2.05) is 6.92 Å². The second kappa shape index (κ2) is 5.64. The van der Waals surface area contributed by atoms with Gasteiger partial charge in [-0.3, -0.25) is 0 Å². The SMILES string of the molecule is CCC(NS(=O)(=O)c1cccc(N)c1C)c1ncc[nH]1. The molecule has 0 aliphatic rings. The fourth-order valence-corrected chi connectivity index (χ4v) is 3.53. The molecular weight excluding hydrogens is 276 g/mol. The first kappa shape index (κ1) is 14.5. The predicted octanol–water partition coefficient (Wildman–Crippen LogP) is 1.73. The largest absolute Gasteiger partial charge is 0.398 e. The number of aromatic amines is 1. The summed E-state index contributed by atoms with van der Waals surface area (Å²) in [6.07, 6.45) is 3.85. The Morgan fingerprint density at radius 3 is 2.80 bits per heavy atom. The predicted molar refractivity (Wildman–Crippen MR) is 77.5 cm³/mol. The van der Waals surface area contributed by atoms with E-state index in [1.165, 1.54) is 0 Å². The van der Waals surface area contributed by atoms with Crippen LogP contribution in [-0.2, 0) is 10.0 Å². The molecular formula is C13H18N4O2S. The Morgan fingerprint density at radius 2 is 2.20 bits per heavy atom. The van der Waals surface area contributed by atoms with Gasteiger partial charge < -0.3 is 10.7 Å². The van der Waals surface area contributed by atoms with Gasteiger partial charge in [-0.15, -0.1) is 0 Å². The van der Waals surface area contributed by atoms with Crippen molar-refractivity contribution in [3.05, 3.63) is 42.0 Å². The van der Waals surface area contributed by atoms with E-state index in [0.717, 1.165) is 0 Å². The van der Waals surface area contributed by atoms with Crippen LogP contribution in [0.2, 0.25) is 0 Å². The molecule has 4 N–H and O–H groups in total. The number of sulfonamides is 1. The summed E-state index contributed by atoms with van der Waals surface area (Å²) in [6, 6.07) is 4.46. The minimum atomic E-state index is -3.64. The number of aromatic nitrogens is 2. The van der Waals surface area contributed by atoms with E-state index in [4.69, 9.17) is 5.73 Å². The highest BCUT2D eigenvalue weighted by molar-refractivity contribution is 7.89. The fourth-order valence-electron chi connectivity index (χ4n) is 1.97. The minimum absolute atomic E-state index is 0.197. The van der Waals surface area contributed by atoms with Gasteiger partial charge in [-0.05, 0) is 31.0 Å². The van der Waals surface area contributed by atoms with E-state index in [9.17, 15) is 8.42 Å². The van der Waals surface area contributed by atoms with Crippen LogP contribution in [0.25, 0.3) is 0 Å². The average molecular weight is 294 g/mol. The molecule has 6 nitrogen and oxygen atoms in total. The van der Waals surface area contributed by atoms with Gasteiger partial charge in [-0.25, -0.2) is 18.1 Å². The molecule has 1 atom stereocenters. The van der Waals surface area contributed by atoms with Crippen molar-refractivity contribution >= 4 is 15.7 Å². The number of nitrogens with two attached hydrogens (primary N) is 1. The first-order valence-electron chi connectivity index (χ1n) is 6.32. The number of nitrogen functional groups attached to an aromatic ring is 1. The van der Waals surface area contributed by atoms with Crippen LogP contribution in [0, 0.1) is 6.92 Å². The molecule has 1 heterocycles. The van der Waals surface area contributed by atoms with Crippen molar-refractivity contribution < 1.29 is 8.42 Å². The number of H-pyrrole nitrogens is 1. The quantitative estimate of drug-likeness (QED) is 0.731. The van der Waals surface area contributed by atoms with Crippen molar-refractivity contribution in [2.24, 2.45) is 0 Å². The lowest BCUT2D eigenvalue weighted by atomic mass is 10.2. The van der Waals surface area contributed by atoms with Crippen LogP contribution in [0.1, 0.15) is 30.8 Å². The first-order valence-corrected chi connectivity index (χ1v) is 7.80. The van der Waals surface area contributed by atoms with Crippen LogP contribution in [0.15, 0.2) is 35.5 Å². The van der Waals surface area contributed by atoms with Gasteiger partial charge in [-0.1, -0.05) is 13.0 Å². The number of hydrogen-bond acceptors (Lipinski definition) is 4. The Kier molecular flexibility index (Phi) is 4.10. The summed E-state index contributed by atoms with van der Waals surface area (Å²) >= 11 is 0. The second-order valence-corrected chi connectivity index (χ2v) is 6.21. The monoisotopic (exact) mass is 294 g/mol. The lowest BCUT2D eigenvalue weighted by Gasteiger charge is -2.16. The number of imidazole rings is 1. The van der Waals surface area contributed by atoms with Gasteiger partial charge >= 0.3 is 0 Å². The molecule has 1 unspecified atom stereocenters. The Labute approximate surface area is 118 Å². The Balaban J connectivity index is 2.33. The fraction of sp³-hybridized carbons (Fsp3) is 0.308. The van der Waals surface area contributed by atoms with Crippen LogP contribution >= 0.6 is 0 Å². The Bertz CT molecular complexity index is 680. The van der Waals surface area contributed by atoms with Gasteiger partial charge in [0.2, 0.25) is 10.0 Å². The van der Waals surface area contributed by atoms with E-state index in [-0.39, 0.29) is 4.90 Å². The summed E-state index contributed by atoms with van der Waals surface area (Å²) in [5.41, 5.74) is 6.77. The molecule has 2 rings (SSSR count). The van der Waals surface area contributed by atoms with Gasteiger partial charge in [0, 0.05) is 18.1 Å². The molecule has 20 heavy (non-hydrogen) atoms. The second-order valence-electron chi connectivity index (χ2n) is 4.53. The lowest BCUT2D eigenvalue weighted by Crippen LogP contribution is -2.29. The van der Waals surface area contributed by atoms with Crippen LogP contribution < -0.4 is 10.5 Å². The molecule has 1 aromatic heterocycles. The summed E-state index contributed by atoms with van der Waals surface area (Å²) in [6.45, 7) is 3.58. The van der Waals surface area contributed by atoms with Crippen molar-refractivity contribution in [2.45, 2.75) is 31.2 Å². The van der Waals surface area contributed by atoms with Gasteiger partial charge in [0.1, 0.15) is 5.82 Å². The van der Waals surface area contributed by atoms with E-state index in [2.05, 4.69) is 14.7 Å². The number of benzene rings is 1. The molecule has 0 saturated heterocycles. The van der Waals surface area contributed by atoms with E-state index < -0.39 is 16.1 Å². The van der Waals surface area contributed by atoms with Gasteiger partial charge in [0.25, 0.3) is 0 Å². The van der Waals surface area contributed by atoms with Crippen LogP contribution in [0.3, 0.4) is 0 Å². The zero-order valence-electron chi connectivity index (χ0n) is 11.4. The average Bonchev–Trinajstić information content (AvgIpc) is 2.93. The number of rotatable bonds is 5. The van der Waals surface area contributed by atoms with Crippen molar-refractivity contribution in [3.63, 3.8) is 0 Å². The van der Waals surface area contributed by atoms with E-state index >= 15 is 0 Å². The summed E-state index contributed by atoms with van der Waals surface area (Å²) in [5.74, 6) is 0.595. The minimum Gasteiger partial charge on any atom is -0.398 e. The first-order chi connectivity index (χ1) is 9.45. The van der Waals surface area contributed by atoms with Gasteiger partial charge in [-0.2, -0.15) is 0 Å². The maximum atomic E-state index is 12.5. The third-order valence-corrected chi connectivity index (χ3v) is 4.79. The maximum Gasteiger partial charge on any atom is 0.241 e. The van der Waals surface area contributed by atoms with Crippen molar-refractivity contribution in [3.8, 4) is 0 Å². The summed E-state index contributed by atoms with van der Waals surface area (Å²) in [5, 5.41) is 0. The summed E-state index contributed by atoms with van der Waals surface area (Å²) in [7, 11) is -3.64. The maximum absolute atomic E-state index is 12.5. The summed E-state index contributed by atoms with van der Waals surface area (Å²) in [4.78, 5) is 7.22. The third-order valence-electron chi connectivity index (χ3n) is 3.17. The van der Waals surface area contributed by atoms with Crippen LogP contribution in [0.4, 0.5) is 5.69 Å². The number of nitrogens with zero attached hydrogens (tertiary/aromatic N) is 1. The number of nitrogens with one attached hydrogen (secondary N) is 2. The molecule has 0 radical (unpaired) electrons.